The number of nitrogens with zero attached hydrogens (tertiary/aromatic N) is 2. The van der Waals surface area contributed by atoms with E-state index in [1.807, 2.05) is 0 Å². The number of nitro groups is 1. The first-order valence-electron chi connectivity index (χ1n) is 7.86. The van der Waals surface area contributed by atoms with Crippen LogP contribution in [0.5, 0.6) is 0 Å². The molecule has 1 aromatic carbocycles. The molecular formula is C16H20FN3O3. The van der Waals surface area contributed by atoms with Crippen LogP contribution in [0.15, 0.2) is 12.1 Å². The Morgan fingerprint density at radius 1 is 1.35 bits per heavy atom. The quantitative estimate of drug-likeness (QED) is 0.669. The molecule has 0 unspecified atom stereocenters. The molecule has 1 aromatic rings. The number of piperidine rings is 1. The average molecular weight is 321 g/mol. The predicted molar refractivity (Wildman–Crippen MR) is 82.8 cm³/mol. The molecular weight excluding hydrogens is 301 g/mol. The molecule has 124 valence electrons. The summed E-state index contributed by atoms with van der Waals surface area (Å²) in [5.41, 5.74) is -0.0142. The zero-order valence-corrected chi connectivity index (χ0v) is 13.1. The number of benzene rings is 1. The number of rotatable bonds is 2. The van der Waals surface area contributed by atoms with E-state index in [1.165, 1.54) is 6.92 Å². The Morgan fingerprint density at radius 2 is 2.04 bits per heavy atom. The first-order chi connectivity index (χ1) is 10.9. The van der Waals surface area contributed by atoms with Crippen molar-refractivity contribution in [3.63, 3.8) is 0 Å². The van der Waals surface area contributed by atoms with Crippen molar-refractivity contribution < 1.29 is 14.1 Å². The Bertz CT molecular complexity index is 646. The standard InChI is InChI=1S/C16H20FN3O3/c1-11-8-12(17)9-13(14(11)20(22)23)15(21)19-6-3-16(4-7-19)2-5-18-10-16/h8-9,18H,2-7,10H2,1H3. The monoisotopic (exact) mass is 321 g/mol. The van der Waals surface area contributed by atoms with Crippen LogP contribution in [0.3, 0.4) is 0 Å². The van der Waals surface area contributed by atoms with Crippen LogP contribution < -0.4 is 5.32 Å². The molecule has 23 heavy (non-hydrogen) atoms. The van der Waals surface area contributed by atoms with E-state index in [0.29, 0.717) is 13.1 Å². The molecule has 0 radical (unpaired) electrons. The summed E-state index contributed by atoms with van der Waals surface area (Å²) in [5.74, 6) is -1.06. The fourth-order valence-electron chi connectivity index (χ4n) is 3.72. The van der Waals surface area contributed by atoms with Crippen molar-refractivity contribution in [1.82, 2.24) is 10.2 Å². The van der Waals surface area contributed by atoms with E-state index in [4.69, 9.17) is 0 Å². The highest BCUT2D eigenvalue weighted by molar-refractivity contribution is 5.98. The number of halogens is 1. The SMILES string of the molecule is Cc1cc(F)cc(C(=O)N2CCC3(CCNC3)CC2)c1[N+](=O)[O-]. The number of aryl methyl sites for hydroxylation is 1. The minimum Gasteiger partial charge on any atom is -0.338 e. The van der Waals surface area contributed by atoms with E-state index in [2.05, 4.69) is 5.32 Å². The third-order valence-electron chi connectivity index (χ3n) is 5.12. The van der Waals surface area contributed by atoms with Gasteiger partial charge in [0.1, 0.15) is 11.4 Å². The summed E-state index contributed by atoms with van der Waals surface area (Å²) in [6.45, 7) is 4.55. The third-order valence-corrected chi connectivity index (χ3v) is 5.12. The van der Waals surface area contributed by atoms with Crippen molar-refractivity contribution >= 4 is 11.6 Å². The molecule has 0 bridgehead atoms. The van der Waals surface area contributed by atoms with Crippen molar-refractivity contribution in [1.29, 1.82) is 0 Å². The van der Waals surface area contributed by atoms with E-state index in [1.54, 1.807) is 4.90 Å². The topological polar surface area (TPSA) is 75.5 Å². The highest BCUT2D eigenvalue weighted by atomic mass is 19.1. The molecule has 2 aliphatic rings. The summed E-state index contributed by atoms with van der Waals surface area (Å²) in [6.07, 6.45) is 2.87. The number of nitro benzene ring substituents is 1. The van der Waals surface area contributed by atoms with Crippen LogP contribution in [0.1, 0.15) is 35.2 Å². The van der Waals surface area contributed by atoms with Gasteiger partial charge in [0.15, 0.2) is 0 Å². The number of amides is 1. The van der Waals surface area contributed by atoms with Crippen LogP contribution in [0.2, 0.25) is 0 Å². The van der Waals surface area contributed by atoms with Crippen molar-refractivity contribution in [3.05, 3.63) is 39.2 Å². The van der Waals surface area contributed by atoms with Gasteiger partial charge in [0, 0.05) is 25.2 Å². The minimum atomic E-state index is -0.620. The summed E-state index contributed by atoms with van der Waals surface area (Å²) < 4.78 is 13.6. The second-order valence-corrected chi connectivity index (χ2v) is 6.59. The summed E-state index contributed by atoms with van der Waals surface area (Å²) in [5, 5.41) is 14.6. The second-order valence-electron chi connectivity index (χ2n) is 6.59. The predicted octanol–water partition coefficient (Wildman–Crippen LogP) is 2.26. The van der Waals surface area contributed by atoms with E-state index in [-0.39, 0.29) is 22.2 Å². The van der Waals surface area contributed by atoms with Crippen molar-refractivity contribution in [2.24, 2.45) is 5.41 Å². The maximum absolute atomic E-state index is 13.6. The molecule has 6 nitrogen and oxygen atoms in total. The van der Waals surface area contributed by atoms with Gasteiger partial charge in [-0.2, -0.15) is 0 Å². The van der Waals surface area contributed by atoms with Gasteiger partial charge >= 0.3 is 0 Å². The van der Waals surface area contributed by atoms with Crippen LogP contribution >= 0.6 is 0 Å². The Hall–Kier alpha value is -2.02. The number of carbonyl (C=O) groups excluding carboxylic acids is 1. The van der Waals surface area contributed by atoms with Gasteiger partial charge in [0.25, 0.3) is 11.6 Å². The van der Waals surface area contributed by atoms with Crippen LogP contribution in [0.4, 0.5) is 10.1 Å². The highest BCUT2D eigenvalue weighted by Crippen LogP contribution is 2.37. The van der Waals surface area contributed by atoms with E-state index in [0.717, 1.165) is 44.5 Å². The van der Waals surface area contributed by atoms with Crippen molar-refractivity contribution in [2.75, 3.05) is 26.2 Å². The molecule has 3 rings (SSSR count). The lowest BCUT2D eigenvalue weighted by atomic mass is 9.77. The van der Waals surface area contributed by atoms with E-state index < -0.39 is 16.6 Å². The smallest absolute Gasteiger partial charge is 0.285 e. The maximum atomic E-state index is 13.6. The van der Waals surface area contributed by atoms with Gasteiger partial charge in [-0.05, 0) is 50.3 Å². The average Bonchev–Trinajstić information content (AvgIpc) is 2.94. The molecule has 2 heterocycles. The van der Waals surface area contributed by atoms with E-state index in [9.17, 15) is 19.3 Å². The van der Waals surface area contributed by atoms with Gasteiger partial charge in [-0.3, -0.25) is 14.9 Å². The van der Waals surface area contributed by atoms with Crippen LogP contribution in [-0.2, 0) is 0 Å². The zero-order chi connectivity index (χ0) is 16.6. The molecule has 2 aliphatic heterocycles. The number of hydrogen-bond donors (Lipinski definition) is 1. The lowest BCUT2D eigenvalue weighted by molar-refractivity contribution is -0.385. The van der Waals surface area contributed by atoms with Gasteiger partial charge in [-0.25, -0.2) is 4.39 Å². The zero-order valence-electron chi connectivity index (χ0n) is 13.1. The Morgan fingerprint density at radius 3 is 2.61 bits per heavy atom. The molecule has 7 heteroatoms. The molecule has 0 aromatic heterocycles. The molecule has 0 aliphatic carbocycles. The van der Waals surface area contributed by atoms with Crippen molar-refractivity contribution in [2.45, 2.75) is 26.2 Å². The molecule has 1 spiro atoms. The molecule has 1 amide bonds. The fourth-order valence-corrected chi connectivity index (χ4v) is 3.72. The Balaban J connectivity index is 1.83. The van der Waals surface area contributed by atoms with Crippen LogP contribution in [0.25, 0.3) is 0 Å². The first kappa shape index (κ1) is 15.9. The lowest BCUT2D eigenvalue weighted by Gasteiger charge is -2.38. The summed E-state index contributed by atoms with van der Waals surface area (Å²) in [4.78, 5) is 24.9. The number of carbonyl (C=O) groups is 1. The number of hydrogen-bond acceptors (Lipinski definition) is 4. The normalized spacial score (nSPS) is 20.0. The summed E-state index contributed by atoms with van der Waals surface area (Å²) >= 11 is 0. The molecule has 1 N–H and O–H groups in total. The highest BCUT2D eigenvalue weighted by Gasteiger charge is 2.39. The van der Waals surface area contributed by atoms with Crippen LogP contribution in [-0.4, -0.2) is 41.9 Å². The Labute approximate surface area is 133 Å². The lowest BCUT2D eigenvalue weighted by Crippen LogP contribution is -2.44. The largest absolute Gasteiger partial charge is 0.338 e. The van der Waals surface area contributed by atoms with E-state index >= 15 is 0 Å². The minimum absolute atomic E-state index is 0.145. The molecule has 0 saturated carbocycles. The summed E-state index contributed by atoms with van der Waals surface area (Å²) in [7, 11) is 0. The second kappa shape index (κ2) is 5.88. The molecule has 2 saturated heterocycles. The number of nitrogens with one attached hydrogen (secondary N) is 1. The van der Waals surface area contributed by atoms with Crippen LogP contribution in [0, 0.1) is 28.3 Å². The van der Waals surface area contributed by atoms with Gasteiger partial charge < -0.3 is 10.2 Å². The maximum Gasteiger partial charge on any atom is 0.285 e. The Kier molecular flexibility index (Phi) is 4.06. The third kappa shape index (κ3) is 2.93. The number of likely N-dealkylation sites (tertiary alicyclic amines) is 1. The summed E-state index contributed by atoms with van der Waals surface area (Å²) in [6, 6.07) is 2.07. The van der Waals surface area contributed by atoms with Gasteiger partial charge in [-0.15, -0.1) is 0 Å². The van der Waals surface area contributed by atoms with Gasteiger partial charge in [0.05, 0.1) is 4.92 Å². The molecule has 2 fully saturated rings. The van der Waals surface area contributed by atoms with Gasteiger partial charge in [-0.1, -0.05) is 0 Å². The van der Waals surface area contributed by atoms with Crippen molar-refractivity contribution in [3.8, 4) is 0 Å². The molecule has 0 atom stereocenters. The first-order valence-corrected chi connectivity index (χ1v) is 7.86. The fraction of sp³-hybridized carbons (Fsp3) is 0.562. The van der Waals surface area contributed by atoms with Gasteiger partial charge in [0.2, 0.25) is 0 Å².